The van der Waals surface area contributed by atoms with Crippen LogP contribution >= 0.6 is 0 Å². The van der Waals surface area contributed by atoms with Crippen LogP contribution in [-0.4, -0.2) is 23.3 Å². The van der Waals surface area contributed by atoms with Gasteiger partial charge >= 0.3 is 5.97 Å². The molecule has 0 aliphatic heterocycles. The molecule has 0 saturated carbocycles. The van der Waals surface area contributed by atoms with Gasteiger partial charge in [0.15, 0.2) is 19.0 Å². The number of benzene rings is 1. The quantitative estimate of drug-likeness (QED) is 0.344. The number of aromatic amines is 1. The molecular weight excluding hydrogens is 284 g/mol. The molecule has 0 radical (unpaired) electrons. The smallest absolute Gasteiger partial charge is 0.339 e. The number of hydrogen-bond donors (Lipinski definition) is 1. The fraction of sp³-hybridized carbons (Fsp3) is 0.0625. The third-order valence-corrected chi connectivity index (χ3v) is 3.26. The van der Waals surface area contributed by atoms with E-state index in [0.29, 0.717) is 10.3 Å². The Morgan fingerprint density at radius 1 is 1.14 bits per heavy atom. The van der Waals surface area contributed by atoms with Gasteiger partial charge in [-0.1, -0.05) is 18.2 Å². The molecule has 0 amide bonds. The second-order valence-corrected chi connectivity index (χ2v) is 4.69. The van der Waals surface area contributed by atoms with Crippen LogP contribution in [0.2, 0.25) is 0 Å². The number of esters is 1. The lowest BCUT2D eigenvalue weighted by molar-refractivity contribution is -0.605. The summed E-state index contributed by atoms with van der Waals surface area (Å²) in [4.78, 5) is 27.0. The van der Waals surface area contributed by atoms with E-state index in [9.17, 15) is 14.8 Å². The highest BCUT2D eigenvalue weighted by molar-refractivity contribution is 6.09. The maximum absolute atomic E-state index is 12.2. The molecule has 6 nitrogen and oxygen atoms in total. The Hall–Kier alpha value is -3.15. The van der Waals surface area contributed by atoms with Gasteiger partial charge in [0.25, 0.3) is 0 Å². The second-order valence-electron chi connectivity index (χ2n) is 4.69. The Morgan fingerprint density at radius 2 is 1.86 bits per heavy atom. The van der Waals surface area contributed by atoms with Crippen molar-refractivity contribution in [2.75, 3.05) is 6.61 Å². The van der Waals surface area contributed by atoms with E-state index in [1.807, 2.05) is 24.3 Å². The number of fused-ring (bicyclic) bond motifs is 1. The van der Waals surface area contributed by atoms with Gasteiger partial charge < -0.3 is 14.9 Å². The zero-order chi connectivity index (χ0) is 15.5. The van der Waals surface area contributed by atoms with Crippen molar-refractivity contribution in [3.63, 3.8) is 0 Å². The number of carbonyl (C=O) groups is 2. The highest BCUT2D eigenvalue weighted by Gasteiger charge is 2.15. The summed E-state index contributed by atoms with van der Waals surface area (Å²) in [7, 11) is 0. The Morgan fingerprint density at radius 3 is 2.64 bits per heavy atom. The topological polar surface area (TPSA) is 86.1 Å². The summed E-state index contributed by atoms with van der Waals surface area (Å²) in [6, 6.07) is 10.1. The predicted molar refractivity (Wildman–Crippen MR) is 78.3 cm³/mol. The fourth-order valence-corrected chi connectivity index (χ4v) is 2.14. The summed E-state index contributed by atoms with van der Waals surface area (Å²) in [5.41, 5.74) is 1.55. The molecule has 0 fully saturated rings. The van der Waals surface area contributed by atoms with E-state index in [2.05, 4.69) is 4.98 Å². The van der Waals surface area contributed by atoms with Gasteiger partial charge in [-0.15, -0.1) is 0 Å². The second kappa shape index (κ2) is 5.69. The van der Waals surface area contributed by atoms with E-state index in [0.717, 1.165) is 10.9 Å². The van der Waals surface area contributed by atoms with Crippen LogP contribution in [0.1, 0.15) is 20.7 Å². The Bertz CT molecular complexity index is 837. The molecule has 3 aromatic rings. The van der Waals surface area contributed by atoms with Gasteiger partial charge in [0, 0.05) is 34.8 Å². The maximum atomic E-state index is 12.2. The number of H-pyrrole nitrogens is 1. The van der Waals surface area contributed by atoms with E-state index >= 15 is 0 Å². The predicted octanol–water partition coefficient (Wildman–Crippen LogP) is 1.84. The van der Waals surface area contributed by atoms with Gasteiger partial charge in [-0.25, -0.2) is 4.79 Å². The SMILES string of the molecule is O=C(OCC(=O)c1c[nH]c2ccccc12)c1cc[n+]([O-])cc1. The third-order valence-electron chi connectivity index (χ3n) is 3.26. The lowest BCUT2D eigenvalue weighted by Gasteiger charge is -2.03. The van der Waals surface area contributed by atoms with Crippen LogP contribution in [-0.2, 0) is 4.74 Å². The van der Waals surface area contributed by atoms with Crippen LogP contribution < -0.4 is 4.73 Å². The van der Waals surface area contributed by atoms with E-state index < -0.39 is 5.97 Å². The number of rotatable bonds is 4. The molecule has 6 heteroatoms. The normalized spacial score (nSPS) is 10.5. The van der Waals surface area contributed by atoms with Crippen molar-refractivity contribution in [3.05, 3.63) is 71.3 Å². The molecular formula is C16H12N2O4. The summed E-state index contributed by atoms with van der Waals surface area (Å²) in [6.45, 7) is -0.354. The average molecular weight is 296 g/mol. The average Bonchev–Trinajstić information content (AvgIpc) is 2.97. The highest BCUT2D eigenvalue weighted by Crippen LogP contribution is 2.18. The number of para-hydroxylation sites is 1. The number of aromatic nitrogens is 2. The van der Waals surface area contributed by atoms with Crippen LogP contribution in [0.25, 0.3) is 10.9 Å². The number of carbonyl (C=O) groups excluding carboxylic acids is 2. The first-order valence-electron chi connectivity index (χ1n) is 6.60. The first kappa shape index (κ1) is 13.8. The molecule has 0 spiro atoms. The minimum absolute atomic E-state index is 0.221. The van der Waals surface area contributed by atoms with Crippen molar-refractivity contribution in [1.29, 1.82) is 0 Å². The van der Waals surface area contributed by atoms with Crippen LogP contribution in [0.15, 0.2) is 55.0 Å². The standard InChI is InChI=1S/C16H12N2O4/c19-15(13-9-17-14-4-2-1-3-12(13)14)10-22-16(20)11-5-7-18(21)8-6-11/h1-9,17H,10H2. The zero-order valence-electron chi connectivity index (χ0n) is 11.5. The first-order valence-corrected chi connectivity index (χ1v) is 6.60. The highest BCUT2D eigenvalue weighted by atomic mass is 16.5. The van der Waals surface area contributed by atoms with E-state index in [-0.39, 0.29) is 18.0 Å². The van der Waals surface area contributed by atoms with Crippen LogP contribution in [0.3, 0.4) is 0 Å². The van der Waals surface area contributed by atoms with Crippen LogP contribution in [0, 0.1) is 5.21 Å². The molecule has 0 unspecified atom stereocenters. The molecule has 110 valence electrons. The van der Waals surface area contributed by atoms with Gasteiger partial charge in [-0.3, -0.25) is 4.79 Å². The van der Waals surface area contributed by atoms with Gasteiger partial charge in [-0.2, -0.15) is 4.73 Å². The summed E-state index contributed by atoms with van der Waals surface area (Å²) < 4.78 is 5.55. The van der Waals surface area contributed by atoms with E-state index in [4.69, 9.17) is 4.74 Å². The third kappa shape index (κ3) is 2.67. The molecule has 2 aromatic heterocycles. The van der Waals surface area contributed by atoms with Crippen molar-refractivity contribution in [2.45, 2.75) is 0 Å². The molecule has 3 rings (SSSR count). The molecule has 0 aliphatic rings. The molecule has 22 heavy (non-hydrogen) atoms. The van der Waals surface area contributed by atoms with Crippen molar-refractivity contribution in [3.8, 4) is 0 Å². The van der Waals surface area contributed by atoms with Crippen LogP contribution in [0.4, 0.5) is 0 Å². The lowest BCUT2D eigenvalue weighted by Crippen LogP contribution is -2.24. The maximum Gasteiger partial charge on any atom is 0.339 e. The van der Waals surface area contributed by atoms with Crippen molar-refractivity contribution in [2.24, 2.45) is 0 Å². The fourth-order valence-electron chi connectivity index (χ4n) is 2.14. The summed E-state index contributed by atoms with van der Waals surface area (Å²) in [5, 5.41) is 11.7. The summed E-state index contributed by atoms with van der Waals surface area (Å²) in [6.07, 6.45) is 3.99. The van der Waals surface area contributed by atoms with Crippen molar-refractivity contribution < 1.29 is 19.1 Å². The minimum Gasteiger partial charge on any atom is -0.619 e. The number of nitrogens with zero attached hydrogens (tertiary/aromatic N) is 1. The molecule has 0 atom stereocenters. The van der Waals surface area contributed by atoms with Gasteiger partial charge in [0.1, 0.15) is 0 Å². The van der Waals surface area contributed by atoms with Gasteiger partial charge in [0.05, 0.1) is 5.56 Å². The number of hydrogen-bond acceptors (Lipinski definition) is 4. The Labute approximate surface area is 125 Å². The van der Waals surface area contributed by atoms with E-state index in [1.54, 1.807) is 6.20 Å². The molecule has 1 N–H and O–H groups in total. The number of ether oxygens (including phenoxy) is 1. The van der Waals surface area contributed by atoms with Gasteiger partial charge in [0.2, 0.25) is 5.78 Å². The lowest BCUT2D eigenvalue weighted by atomic mass is 10.1. The monoisotopic (exact) mass is 296 g/mol. The molecule has 0 bridgehead atoms. The molecule has 0 saturated heterocycles. The molecule has 1 aromatic carbocycles. The number of Topliss-reactive ketones (excluding diaryl/α,β-unsaturated/α-hetero) is 1. The Kier molecular flexibility index (Phi) is 3.57. The number of pyridine rings is 1. The van der Waals surface area contributed by atoms with E-state index in [1.165, 1.54) is 24.5 Å². The number of ketones is 1. The summed E-state index contributed by atoms with van der Waals surface area (Å²) >= 11 is 0. The molecule has 0 aliphatic carbocycles. The molecule has 2 heterocycles. The first-order chi connectivity index (χ1) is 10.6. The largest absolute Gasteiger partial charge is 0.619 e. The minimum atomic E-state index is -0.645. The summed E-state index contributed by atoms with van der Waals surface area (Å²) in [5.74, 6) is -0.936. The van der Waals surface area contributed by atoms with Crippen molar-refractivity contribution >= 4 is 22.7 Å². The number of nitrogens with one attached hydrogen (secondary N) is 1. The Balaban J connectivity index is 1.70. The van der Waals surface area contributed by atoms with Gasteiger partial charge in [-0.05, 0) is 6.07 Å². The zero-order valence-corrected chi connectivity index (χ0v) is 11.5. The van der Waals surface area contributed by atoms with Crippen molar-refractivity contribution in [1.82, 2.24) is 4.98 Å². The van der Waals surface area contributed by atoms with Crippen LogP contribution in [0.5, 0.6) is 0 Å².